The number of thiazole rings is 2. The Bertz CT molecular complexity index is 748. The van der Waals surface area contributed by atoms with Crippen LogP contribution in [0.3, 0.4) is 0 Å². The van der Waals surface area contributed by atoms with Crippen molar-refractivity contribution in [3.63, 3.8) is 0 Å². The van der Waals surface area contributed by atoms with Gasteiger partial charge in [0.15, 0.2) is 16.0 Å². The molecule has 0 aromatic carbocycles. The van der Waals surface area contributed by atoms with Crippen LogP contribution < -0.4 is 10.2 Å². The van der Waals surface area contributed by atoms with Crippen molar-refractivity contribution in [2.75, 3.05) is 24.3 Å². The van der Waals surface area contributed by atoms with E-state index in [0.717, 1.165) is 23.7 Å². The molecule has 0 aliphatic heterocycles. The van der Waals surface area contributed by atoms with Crippen molar-refractivity contribution in [1.29, 1.82) is 0 Å². The molecule has 0 saturated heterocycles. The van der Waals surface area contributed by atoms with Gasteiger partial charge in [-0.3, -0.25) is 14.9 Å². The number of aromatic nitrogens is 2. The number of amides is 1. The number of Topliss-reactive ketones (excluding diaryl/α,β-unsaturated/α-hetero) is 1. The van der Waals surface area contributed by atoms with E-state index in [1.54, 1.807) is 0 Å². The number of nitrogens with zero attached hydrogens (tertiary/aromatic N) is 3. The Hall–Kier alpha value is -1.80. The summed E-state index contributed by atoms with van der Waals surface area (Å²) in [5.41, 5.74) is 1.51. The Balaban J connectivity index is 1.81. The van der Waals surface area contributed by atoms with Crippen molar-refractivity contribution in [1.82, 2.24) is 9.97 Å². The maximum absolute atomic E-state index is 12.4. The third-order valence-corrected chi connectivity index (χ3v) is 5.74. The van der Waals surface area contributed by atoms with Crippen LogP contribution in [0.2, 0.25) is 0 Å². The molecule has 0 saturated carbocycles. The van der Waals surface area contributed by atoms with Crippen LogP contribution in [0, 0.1) is 6.92 Å². The SMILES string of the molecule is Cc1nc(N(C)C)sc1C(=O)Nc1nc2c(s1)C(=O)CCC2. The molecule has 22 heavy (non-hydrogen) atoms. The Kier molecular flexibility index (Phi) is 3.96. The van der Waals surface area contributed by atoms with E-state index in [4.69, 9.17) is 0 Å². The Morgan fingerprint density at radius 2 is 2.00 bits per heavy atom. The van der Waals surface area contributed by atoms with Crippen LogP contribution in [0.25, 0.3) is 0 Å². The first-order chi connectivity index (χ1) is 10.5. The zero-order chi connectivity index (χ0) is 15.9. The summed E-state index contributed by atoms with van der Waals surface area (Å²) in [6.07, 6.45) is 2.21. The summed E-state index contributed by atoms with van der Waals surface area (Å²) >= 11 is 2.61. The van der Waals surface area contributed by atoms with Gasteiger partial charge in [0.05, 0.1) is 16.3 Å². The predicted octanol–water partition coefficient (Wildman–Crippen LogP) is 2.75. The normalized spacial score (nSPS) is 13.9. The van der Waals surface area contributed by atoms with Gasteiger partial charge in [-0.1, -0.05) is 22.7 Å². The highest BCUT2D eigenvalue weighted by Gasteiger charge is 2.24. The molecule has 1 amide bonds. The van der Waals surface area contributed by atoms with E-state index >= 15 is 0 Å². The third kappa shape index (κ3) is 2.76. The van der Waals surface area contributed by atoms with Crippen molar-refractivity contribution in [3.8, 4) is 0 Å². The van der Waals surface area contributed by atoms with E-state index in [1.165, 1.54) is 22.7 Å². The minimum Gasteiger partial charge on any atom is -0.354 e. The molecule has 0 fully saturated rings. The largest absolute Gasteiger partial charge is 0.354 e. The maximum Gasteiger partial charge on any atom is 0.269 e. The second-order valence-electron chi connectivity index (χ2n) is 5.33. The van der Waals surface area contributed by atoms with E-state index in [0.29, 0.717) is 27.0 Å². The van der Waals surface area contributed by atoms with Crippen molar-refractivity contribution >= 4 is 44.6 Å². The molecule has 1 aliphatic rings. The molecular formula is C14H16N4O2S2. The molecule has 0 bridgehead atoms. The Morgan fingerprint density at radius 3 is 2.64 bits per heavy atom. The number of ketones is 1. The maximum atomic E-state index is 12.4. The number of carbonyl (C=O) groups excluding carboxylic acids is 2. The summed E-state index contributed by atoms with van der Waals surface area (Å²) in [5.74, 6) is -0.0928. The third-order valence-electron chi connectivity index (χ3n) is 3.36. The van der Waals surface area contributed by atoms with E-state index < -0.39 is 0 Å². The average Bonchev–Trinajstić information content (AvgIpc) is 3.03. The van der Waals surface area contributed by atoms with Gasteiger partial charge in [-0.05, 0) is 19.8 Å². The molecule has 0 atom stereocenters. The van der Waals surface area contributed by atoms with E-state index in [9.17, 15) is 9.59 Å². The minimum atomic E-state index is -0.221. The predicted molar refractivity (Wildman–Crippen MR) is 88.5 cm³/mol. The molecule has 2 heterocycles. The number of aryl methyl sites for hydroxylation is 2. The van der Waals surface area contributed by atoms with Gasteiger partial charge >= 0.3 is 0 Å². The second kappa shape index (κ2) is 5.77. The second-order valence-corrected chi connectivity index (χ2v) is 7.31. The molecule has 0 spiro atoms. The topological polar surface area (TPSA) is 75.2 Å². The van der Waals surface area contributed by atoms with E-state index in [2.05, 4.69) is 15.3 Å². The summed E-state index contributed by atoms with van der Waals surface area (Å²) in [5, 5.41) is 4.08. The van der Waals surface area contributed by atoms with Gasteiger partial charge in [0.2, 0.25) is 0 Å². The van der Waals surface area contributed by atoms with Gasteiger partial charge in [0.1, 0.15) is 4.88 Å². The van der Waals surface area contributed by atoms with Crippen LogP contribution in [-0.2, 0) is 6.42 Å². The molecule has 2 aromatic rings. The van der Waals surface area contributed by atoms with Gasteiger partial charge in [0.25, 0.3) is 5.91 Å². The zero-order valence-corrected chi connectivity index (χ0v) is 14.2. The first-order valence-electron chi connectivity index (χ1n) is 6.94. The van der Waals surface area contributed by atoms with E-state index in [1.807, 2.05) is 25.9 Å². The summed E-state index contributed by atoms with van der Waals surface area (Å²) in [7, 11) is 3.78. The van der Waals surface area contributed by atoms with Gasteiger partial charge < -0.3 is 4.90 Å². The highest BCUT2D eigenvalue weighted by molar-refractivity contribution is 7.19. The van der Waals surface area contributed by atoms with Gasteiger partial charge in [0, 0.05) is 20.5 Å². The average molecular weight is 336 g/mol. The number of fused-ring (bicyclic) bond motifs is 1. The highest BCUT2D eigenvalue weighted by atomic mass is 32.1. The Morgan fingerprint density at radius 1 is 1.23 bits per heavy atom. The number of rotatable bonds is 3. The lowest BCUT2D eigenvalue weighted by Crippen LogP contribution is -2.11. The summed E-state index contributed by atoms with van der Waals surface area (Å²) in [6, 6.07) is 0. The highest BCUT2D eigenvalue weighted by Crippen LogP contribution is 2.31. The van der Waals surface area contributed by atoms with Crippen LogP contribution in [0.15, 0.2) is 0 Å². The van der Waals surface area contributed by atoms with Crippen molar-refractivity contribution in [2.24, 2.45) is 0 Å². The van der Waals surface area contributed by atoms with Crippen molar-refractivity contribution < 1.29 is 9.59 Å². The molecule has 1 N–H and O–H groups in total. The first-order valence-corrected chi connectivity index (χ1v) is 8.58. The zero-order valence-electron chi connectivity index (χ0n) is 12.6. The van der Waals surface area contributed by atoms with Gasteiger partial charge in [-0.2, -0.15) is 0 Å². The van der Waals surface area contributed by atoms with Crippen LogP contribution in [0.5, 0.6) is 0 Å². The lowest BCUT2D eigenvalue weighted by Gasteiger charge is -2.05. The molecule has 2 aromatic heterocycles. The van der Waals surface area contributed by atoms with Crippen molar-refractivity contribution in [3.05, 3.63) is 21.1 Å². The van der Waals surface area contributed by atoms with Crippen LogP contribution in [0.1, 0.15) is 43.6 Å². The summed E-state index contributed by atoms with van der Waals surface area (Å²) in [4.78, 5) is 36.1. The van der Waals surface area contributed by atoms with Crippen LogP contribution >= 0.6 is 22.7 Å². The summed E-state index contributed by atoms with van der Waals surface area (Å²) < 4.78 is 0. The molecule has 8 heteroatoms. The monoisotopic (exact) mass is 336 g/mol. The molecular weight excluding hydrogens is 320 g/mol. The number of anilines is 2. The standard InChI is InChI=1S/C14H16N4O2S2/c1-7-10(22-14(15-7)18(2)3)12(20)17-13-16-8-5-4-6-9(19)11(8)21-13/h4-6H2,1-3H3,(H,16,17,20). The van der Waals surface area contributed by atoms with Crippen LogP contribution in [0.4, 0.5) is 10.3 Å². The molecule has 6 nitrogen and oxygen atoms in total. The summed E-state index contributed by atoms with van der Waals surface area (Å²) in [6.45, 7) is 1.81. The van der Waals surface area contributed by atoms with E-state index in [-0.39, 0.29) is 11.7 Å². The molecule has 116 valence electrons. The lowest BCUT2D eigenvalue weighted by atomic mass is 10.0. The van der Waals surface area contributed by atoms with Crippen LogP contribution in [-0.4, -0.2) is 35.8 Å². The Labute approximate surface area is 136 Å². The smallest absolute Gasteiger partial charge is 0.269 e. The lowest BCUT2D eigenvalue weighted by molar-refractivity contribution is 0.0975. The molecule has 0 unspecified atom stereocenters. The fourth-order valence-corrected chi connectivity index (χ4v) is 4.12. The molecule has 0 radical (unpaired) electrons. The first kappa shape index (κ1) is 15.1. The van der Waals surface area contributed by atoms with Gasteiger partial charge in [-0.25, -0.2) is 9.97 Å². The number of hydrogen-bond donors (Lipinski definition) is 1. The fourth-order valence-electron chi connectivity index (χ4n) is 2.26. The number of hydrogen-bond acceptors (Lipinski definition) is 7. The quantitative estimate of drug-likeness (QED) is 0.933. The fraction of sp³-hybridized carbons (Fsp3) is 0.429. The number of carbonyl (C=O) groups is 2. The van der Waals surface area contributed by atoms with Crippen molar-refractivity contribution in [2.45, 2.75) is 26.2 Å². The molecule has 3 rings (SSSR count). The number of nitrogens with one attached hydrogen (secondary N) is 1. The molecule has 1 aliphatic carbocycles. The minimum absolute atomic E-state index is 0.128. The van der Waals surface area contributed by atoms with Gasteiger partial charge in [-0.15, -0.1) is 0 Å².